The highest BCUT2D eigenvalue weighted by atomic mass is 32.2. The molecule has 0 radical (unpaired) electrons. The number of carbonyl (C=O) groups excluding carboxylic acids is 1. The fourth-order valence-electron chi connectivity index (χ4n) is 2.90. The highest BCUT2D eigenvalue weighted by Crippen LogP contribution is 2.26. The Morgan fingerprint density at radius 2 is 1.91 bits per heavy atom. The molecule has 22 heavy (non-hydrogen) atoms. The largest absolute Gasteiger partial charge is 0.493 e. The summed E-state index contributed by atoms with van der Waals surface area (Å²) in [6.07, 6.45) is 3.10. The number of aryl methyl sites for hydroxylation is 1. The summed E-state index contributed by atoms with van der Waals surface area (Å²) in [5.74, 6) is 0.825. The van der Waals surface area contributed by atoms with E-state index in [0.717, 1.165) is 30.8 Å². The van der Waals surface area contributed by atoms with Crippen LogP contribution in [0.3, 0.4) is 0 Å². The van der Waals surface area contributed by atoms with Gasteiger partial charge in [0.05, 0.1) is 12.9 Å². The van der Waals surface area contributed by atoms with Gasteiger partial charge in [-0.25, -0.2) is 8.42 Å². The maximum Gasteiger partial charge on any atom is 0.253 e. The van der Waals surface area contributed by atoms with Gasteiger partial charge in [0.15, 0.2) is 0 Å². The van der Waals surface area contributed by atoms with Gasteiger partial charge in [-0.05, 0) is 36.6 Å². The van der Waals surface area contributed by atoms with Crippen LogP contribution in [0.25, 0.3) is 0 Å². The first kappa shape index (κ1) is 15.3. The number of sulfonamides is 1. The topological polar surface area (TPSA) is 66.9 Å². The second-order valence-electron chi connectivity index (χ2n) is 5.73. The van der Waals surface area contributed by atoms with Gasteiger partial charge in [0.25, 0.3) is 5.91 Å². The van der Waals surface area contributed by atoms with E-state index >= 15 is 0 Å². The Labute approximate surface area is 130 Å². The Balaban J connectivity index is 1.70. The van der Waals surface area contributed by atoms with Crippen LogP contribution in [0, 0.1) is 0 Å². The van der Waals surface area contributed by atoms with Crippen LogP contribution >= 0.6 is 0 Å². The van der Waals surface area contributed by atoms with Crippen LogP contribution in [0.15, 0.2) is 18.2 Å². The minimum atomic E-state index is -3.17. The van der Waals surface area contributed by atoms with E-state index in [1.54, 1.807) is 11.0 Å². The maximum atomic E-state index is 12.6. The smallest absolute Gasteiger partial charge is 0.253 e. The van der Waals surface area contributed by atoms with Gasteiger partial charge in [-0.3, -0.25) is 4.79 Å². The van der Waals surface area contributed by atoms with Gasteiger partial charge in [-0.15, -0.1) is 0 Å². The third-order valence-electron chi connectivity index (χ3n) is 4.15. The molecule has 0 aromatic heterocycles. The zero-order chi connectivity index (χ0) is 15.7. The molecule has 7 heteroatoms. The van der Waals surface area contributed by atoms with Crippen molar-refractivity contribution in [2.45, 2.75) is 12.8 Å². The van der Waals surface area contributed by atoms with Crippen molar-refractivity contribution in [3.8, 4) is 5.75 Å². The fourth-order valence-corrected chi connectivity index (χ4v) is 3.73. The zero-order valence-corrected chi connectivity index (χ0v) is 13.4. The molecule has 0 atom stereocenters. The maximum absolute atomic E-state index is 12.6. The van der Waals surface area contributed by atoms with E-state index in [0.29, 0.717) is 31.7 Å². The molecule has 6 nitrogen and oxygen atoms in total. The number of benzene rings is 1. The molecule has 1 aromatic rings. The zero-order valence-electron chi connectivity index (χ0n) is 12.6. The predicted octanol–water partition coefficient (Wildman–Crippen LogP) is 0.729. The Morgan fingerprint density at radius 3 is 2.59 bits per heavy atom. The van der Waals surface area contributed by atoms with E-state index in [1.807, 2.05) is 12.1 Å². The summed E-state index contributed by atoms with van der Waals surface area (Å²) in [6.45, 7) is 2.31. The lowest BCUT2D eigenvalue weighted by Gasteiger charge is -2.33. The lowest BCUT2D eigenvalue weighted by molar-refractivity contribution is 0.0698. The van der Waals surface area contributed by atoms with Crippen LogP contribution in [0.2, 0.25) is 0 Å². The van der Waals surface area contributed by atoms with Crippen LogP contribution in [0.1, 0.15) is 22.3 Å². The van der Waals surface area contributed by atoms with Crippen molar-refractivity contribution in [3.05, 3.63) is 29.3 Å². The van der Waals surface area contributed by atoms with Crippen molar-refractivity contribution in [2.75, 3.05) is 39.0 Å². The highest BCUT2D eigenvalue weighted by molar-refractivity contribution is 7.88. The number of ether oxygens (including phenoxy) is 1. The summed E-state index contributed by atoms with van der Waals surface area (Å²) in [5.41, 5.74) is 1.73. The Bertz CT molecular complexity index is 679. The molecule has 0 spiro atoms. The van der Waals surface area contributed by atoms with E-state index in [4.69, 9.17) is 4.74 Å². The van der Waals surface area contributed by atoms with E-state index < -0.39 is 10.0 Å². The molecule has 2 heterocycles. The normalized spacial score (nSPS) is 19.4. The molecule has 1 aromatic carbocycles. The molecule has 1 fully saturated rings. The molecular formula is C15H20N2O4S. The van der Waals surface area contributed by atoms with Gasteiger partial charge in [0.2, 0.25) is 10.0 Å². The van der Waals surface area contributed by atoms with Gasteiger partial charge in [-0.1, -0.05) is 0 Å². The lowest BCUT2D eigenvalue weighted by atomic mass is 10.0. The Kier molecular flexibility index (Phi) is 4.10. The average Bonchev–Trinajstić information content (AvgIpc) is 2.53. The van der Waals surface area contributed by atoms with Crippen LogP contribution < -0.4 is 4.74 Å². The third kappa shape index (κ3) is 3.10. The number of carbonyl (C=O) groups is 1. The molecule has 2 aliphatic rings. The number of rotatable bonds is 2. The van der Waals surface area contributed by atoms with Gasteiger partial charge in [-0.2, -0.15) is 4.31 Å². The van der Waals surface area contributed by atoms with Crippen molar-refractivity contribution in [1.29, 1.82) is 0 Å². The summed E-state index contributed by atoms with van der Waals surface area (Å²) >= 11 is 0. The van der Waals surface area contributed by atoms with Gasteiger partial charge < -0.3 is 9.64 Å². The van der Waals surface area contributed by atoms with Crippen molar-refractivity contribution in [2.24, 2.45) is 0 Å². The lowest BCUT2D eigenvalue weighted by Crippen LogP contribution is -2.50. The fraction of sp³-hybridized carbons (Fsp3) is 0.533. The van der Waals surface area contributed by atoms with Crippen LogP contribution in [-0.4, -0.2) is 62.6 Å². The number of hydrogen-bond donors (Lipinski definition) is 0. The Morgan fingerprint density at radius 1 is 1.18 bits per heavy atom. The molecule has 0 bridgehead atoms. The van der Waals surface area contributed by atoms with E-state index in [9.17, 15) is 13.2 Å². The van der Waals surface area contributed by atoms with E-state index in [1.165, 1.54) is 10.6 Å². The molecule has 0 aliphatic carbocycles. The first-order chi connectivity index (χ1) is 10.4. The number of hydrogen-bond acceptors (Lipinski definition) is 4. The quantitative estimate of drug-likeness (QED) is 0.804. The molecule has 0 saturated carbocycles. The van der Waals surface area contributed by atoms with Crippen LogP contribution in [0.5, 0.6) is 5.75 Å². The summed E-state index contributed by atoms with van der Waals surface area (Å²) < 4.78 is 30.0. The molecule has 0 unspecified atom stereocenters. The van der Waals surface area contributed by atoms with Crippen molar-refractivity contribution in [1.82, 2.24) is 9.21 Å². The van der Waals surface area contributed by atoms with Crippen molar-refractivity contribution in [3.63, 3.8) is 0 Å². The SMILES string of the molecule is CS(=O)(=O)N1CCN(C(=O)c2ccc3c(c2)CCCO3)CC1. The second-order valence-corrected chi connectivity index (χ2v) is 7.71. The molecule has 1 saturated heterocycles. The van der Waals surface area contributed by atoms with E-state index in [2.05, 4.69) is 0 Å². The first-order valence-electron chi connectivity index (χ1n) is 7.45. The molecule has 0 N–H and O–H groups in total. The standard InChI is InChI=1S/C15H20N2O4S/c1-22(19,20)17-8-6-16(7-9-17)15(18)13-4-5-14-12(11-13)3-2-10-21-14/h4-5,11H,2-3,6-10H2,1H3. The number of nitrogens with zero attached hydrogens (tertiary/aromatic N) is 2. The summed E-state index contributed by atoms with van der Waals surface area (Å²) in [5, 5.41) is 0. The Hall–Kier alpha value is -1.60. The van der Waals surface area contributed by atoms with Crippen LogP contribution in [0.4, 0.5) is 0 Å². The molecule has 1 amide bonds. The van der Waals surface area contributed by atoms with Gasteiger partial charge >= 0.3 is 0 Å². The highest BCUT2D eigenvalue weighted by Gasteiger charge is 2.27. The number of amides is 1. The minimum absolute atomic E-state index is 0.0403. The minimum Gasteiger partial charge on any atom is -0.493 e. The summed E-state index contributed by atoms with van der Waals surface area (Å²) in [4.78, 5) is 14.3. The van der Waals surface area contributed by atoms with Crippen LogP contribution in [-0.2, 0) is 16.4 Å². The second kappa shape index (κ2) is 5.89. The molecule has 3 rings (SSSR count). The third-order valence-corrected chi connectivity index (χ3v) is 5.45. The first-order valence-corrected chi connectivity index (χ1v) is 9.30. The molecular weight excluding hydrogens is 304 g/mol. The molecule has 2 aliphatic heterocycles. The summed E-state index contributed by atoms with van der Waals surface area (Å²) in [7, 11) is -3.17. The van der Waals surface area contributed by atoms with E-state index in [-0.39, 0.29) is 5.91 Å². The predicted molar refractivity (Wildman–Crippen MR) is 82.6 cm³/mol. The van der Waals surface area contributed by atoms with Gasteiger partial charge in [0.1, 0.15) is 5.75 Å². The van der Waals surface area contributed by atoms with Crippen molar-refractivity contribution >= 4 is 15.9 Å². The summed E-state index contributed by atoms with van der Waals surface area (Å²) in [6, 6.07) is 5.55. The monoisotopic (exact) mass is 324 g/mol. The van der Waals surface area contributed by atoms with Crippen molar-refractivity contribution < 1.29 is 17.9 Å². The molecule has 120 valence electrons. The average molecular weight is 324 g/mol. The van der Waals surface area contributed by atoms with Gasteiger partial charge in [0, 0.05) is 31.7 Å². The number of piperazine rings is 1. The number of fused-ring (bicyclic) bond motifs is 1.